The van der Waals surface area contributed by atoms with Crippen molar-refractivity contribution in [3.8, 4) is 11.3 Å². The number of aromatic nitrogens is 2. The predicted molar refractivity (Wildman–Crippen MR) is 89.8 cm³/mol. The summed E-state index contributed by atoms with van der Waals surface area (Å²) in [5.74, 6) is 0. The molecule has 1 aromatic heterocycles. The van der Waals surface area contributed by atoms with E-state index in [1.165, 1.54) is 0 Å². The van der Waals surface area contributed by atoms with E-state index in [2.05, 4.69) is 10.4 Å². The van der Waals surface area contributed by atoms with E-state index in [4.69, 9.17) is 10.5 Å². The molecule has 0 saturated heterocycles. The molecule has 1 amide bonds. The summed E-state index contributed by atoms with van der Waals surface area (Å²) in [6, 6.07) is 11.4. The van der Waals surface area contributed by atoms with Crippen LogP contribution in [0.25, 0.3) is 11.3 Å². The molecule has 0 spiro atoms. The van der Waals surface area contributed by atoms with E-state index in [0.29, 0.717) is 0 Å². The molecule has 0 aliphatic rings. The molecule has 2 rings (SSSR count). The highest BCUT2D eigenvalue weighted by atomic mass is 16.6. The van der Waals surface area contributed by atoms with E-state index in [9.17, 15) is 4.79 Å². The van der Waals surface area contributed by atoms with Crippen molar-refractivity contribution in [2.75, 3.05) is 6.54 Å². The van der Waals surface area contributed by atoms with Gasteiger partial charge < -0.3 is 15.8 Å². The average Bonchev–Trinajstić information content (AvgIpc) is 2.86. The Morgan fingerprint density at radius 3 is 2.57 bits per heavy atom. The van der Waals surface area contributed by atoms with Gasteiger partial charge in [0.1, 0.15) is 5.60 Å². The first kappa shape index (κ1) is 17.0. The second-order valence-electron chi connectivity index (χ2n) is 6.38. The predicted octanol–water partition coefficient (Wildman–Crippen LogP) is 2.61. The zero-order valence-corrected chi connectivity index (χ0v) is 14.0. The summed E-state index contributed by atoms with van der Waals surface area (Å²) in [7, 11) is 1.83. The number of carbonyl (C=O) groups excluding carboxylic acids is 1. The van der Waals surface area contributed by atoms with Crippen molar-refractivity contribution in [3.63, 3.8) is 0 Å². The number of aryl methyl sites for hydroxylation is 1. The Hall–Kier alpha value is -2.34. The zero-order chi connectivity index (χ0) is 17.0. The molecule has 3 N–H and O–H groups in total. The van der Waals surface area contributed by atoms with Gasteiger partial charge in [-0.1, -0.05) is 30.3 Å². The first-order valence-electron chi connectivity index (χ1n) is 7.59. The summed E-state index contributed by atoms with van der Waals surface area (Å²) in [5.41, 5.74) is 7.96. The van der Waals surface area contributed by atoms with E-state index < -0.39 is 11.7 Å². The van der Waals surface area contributed by atoms with Crippen LogP contribution in [0.15, 0.2) is 36.4 Å². The Labute approximate surface area is 136 Å². The second kappa shape index (κ2) is 6.83. The van der Waals surface area contributed by atoms with Crippen molar-refractivity contribution in [3.05, 3.63) is 42.1 Å². The molecule has 23 heavy (non-hydrogen) atoms. The molecular formula is C17H24N4O2. The number of amides is 1. The standard InChI is InChI=1S/C17H24N4O2/c1-17(2,3)23-16(22)19-14(11-18)15-10-13(20-21(15)4)12-8-6-5-7-9-12/h5-10,14H,11,18H2,1-4H3,(H,19,22). The number of nitrogens with zero attached hydrogens (tertiary/aromatic N) is 2. The summed E-state index contributed by atoms with van der Waals surface area (Å²) in [4.78, 5) is 12.0. The van der Waals surface area contributed by atoms with E-state index in [1.54, 1.807) is 4.68 Å². The molecule has 6 heteroatoms. The third-order valence-electron chi connectivity index (χ3n) is 3.27. The molecule has 1 atom stereocenters. The third kappa shape index (κ3) is 4.56. The van der Waals surface area contributed by atoms with Gasteiger partial charge in [0.2, 0.25) is 0 Å². The number of hydrogen-bond acceptors (Lipinski definition) is 4. The normalized spacial score (nSPS) is 12.7. The zero-order valence-electron chi connectivity index (χ0n) is 14.0. The minimum atomic E-state index is -0.551. The van der Waals surface area contributed by atoms with Crippen LogP contribution in [0.3, 0.4) is 0 Å². The molecule has 1 aromatic carbocycles. The first-order valence-corrected chi connectivity index (χ1v) is 7.59. The van der Waals surface area contributed by atoms with Crippen LogP contribution in [-0.2, 0) is 11.8 Å². The lowest BCUT2D eigenvalue weighted by Gasteiger charge is -2.23. The summed E-state index contributed by atoms with van der Waals surface area (Å²) < 4.78 is 7.02. The van der Waals surface area contributed by atoms with Crippen LogP contribution in [0.1, 0.15) is 32.5 Å². The molecule has 6 nitrogen and oxygen atoms in total. The molecule has 124 valence electrons. The third-order valence-corrected chi connectivity index (χ3v) is 3.27. The number of carbonyl (C=O) groups is 1. The van der Waals surface area contributed by atoms with E-state index >= 15 is 0 Å². The van der Waals surface area contributed by atoms with Crippen LogP contribution in [0.5, 0.6) is 0 Å². The SMILES string of the molecule is Cn1nc(-c2ccccc2)cc1C(CN)NC(=O)OC(C)(C)C. The minimum absolute atomic E-state index is 0.257. The number of benzene rings is 1. The fourth-order valence-electron chi connectivity index (χ4n) is 2.26. The molecule has 2 aromatic rings. The Morgan fingerprint density at radius 2 is 2.00 bits per heavy atom. The fraction of sp³-hybridized carbons (Fsp3) is 0.412. The van der Waals surface area contributed by atoms with Crippen molar-refractivity contribution in [2.24, 2.45) is 12.8 Å². The van der Waals surface area contributed by atoms with Gasteiger partial charge >= 0.3 is 6.09 Å². The summed E-state index contributed by atoms with van der Waals surface area (Å²) in [5, 5.41) is 7.30. The van der Waals surface area contributed by atoms with Crippen molar-refractivity contribution in [1.29, 1.82) is 0 Å². The smallest absolute Gasteiger partial charge is 0.408 e. The molecule has 0 fully saturated rings. The Morgan fingerprint density at radius 1 is 1.35 bits per heavy atom. The highest BCUT2D eigenvalue weighted by Gasteiger charge is 2.22. The number of nitrogens with two attached hydrogens (primary N) is 1. The lowest BCUT2D eigenvalue weighted by Crippen LogP contribution is -2.38. The topological polar surface area (TPSA) is 82.2 Å². The van der Waals surface area contributed by atoms with Crippen LogP contribution < -0.4 is 11.1 Å². The Balaban J connectivity index is 2.19. The van der Waals surface area contributed by atoms with Crippen molar-refractivity contribution >= 4 is 6.09 Å². The second-order valence-corrected chi connectivity index (χ2v) is 6.38. The maximum absolute atomic E-state index is 12.0. The van der Waals surface area contributed by atoms with Gasteiger partial charge in [-0.2, -0.15) is 5.10 Å². The lowest BCUT2D eigenvalue weighted by molar-refractivity contribution is 0.0503. The van der Waals surface area contributed by atoms with E-state index in [0.717, 1.165) is 17.0 Å². The first-order chi connectivity index (χ1) is 10.8. The highest BCUT2D eigenvalue weighted by molar-refractivity contribution is 5.68. The number of hydrogen-bond donors (Lipinski definition) is 2. The Bertz CT molecular complexity index is 659. The quantitative estimate of drug-likeness (QED) is 0.908. The van der Waals surface area contributed by atoms with Crippen molar-refractivity contribution in [1.82, 2.24) is 15.1 Å². The summed E-state index contributed by atoms with van der Waals surface area (Å²) >= 11 is 0. The van der Waals surface area contributed by atoms with Crippen LogP contribution in [-0.4, -0.2) is 28.0 Å². The highest BCUT2D eigenvalue weighted by Crippen LogP contribution is 2.22. The molecule has 1 unspecified atom stereocenters. The average molecular weight is 316 g/mol. The molecule has 1 heterocycles. The van der Waals surface area contributed by atoms with Crippen LogP contribution in [0.2, 0.25) is 0 Å². The van der Waals surface area contributed by atoms with Gasteiger partial charge in [-0.05, 0) is 26.8 Å². The maximum atomic E-state index is 12.0. The number of alkyl carbamates (subject to hydrolysis) is 1. The van der Waals surface area contributed by atoms with Gasteiger partial charge in [-0.3, -0.25) is 4.68 Å². The van der Waals surface area contributed by atoms with Gasteiger partial charge in [0.15, 0.2) is 0 Å². The molecule has 0 saturated carbocycles. The fourth-order valence-corrected chi connectivity index (χ4v) is 2.26. The van der Waals surface area contributed by atoms with E-state index in [-0.39, 0.29) is 12.6 Å². The summed E-state index contributed by atoms with van der Waals surface area (Å²) in [6.45, 7) is 5.72. The molecule has 0 aliphatic carbocycles. The van der Waals surface area contributed by atoms with Gasteiger partial charge in [0, 0.05) is 19.2 Å². The molecule has 0 bridgehead atoms. The monoisotopic (exact) mass is 316 g/mol. The lowest BCUT2D eigenvalue weighted by atomic mass is 10.1. The largest absolute Gasteiger partial charge is 0.444 e. The van der Waals surface area contributed by atoms with Crippen LogP contribution in [0.4, 0.5) is 4.79 Å². The van der Waals surface area contributed by atoms with Crippen molar-refractivity contribution < 1.29 is 9.53 Å². The van der Waals surface area contributed by atoms with Gasteiger partial charge in [-0.15, -0.1) is 0 Å². The number of nitrogens with one attached hydrogen (secondary N) is 1. The van der Waals surface area contributed by atoms with Crippen LogP contribution >= 0.6 is 0 Å². The number of ether oxygens (including phenoxy) is 1. The van der Waals surface area contributed by atoms with E-state index in [1.807, 2.05) is 64.2 Å². The van der Waals surface area contributed by atoms with Gasteiger partial charge in [0.05, 0.1) is 17.4 Å². The minimum Gasteiger partial charge on any atom is -0.444 e. The summed E-state index contributed by atoms with van der Waals surface area (Å²) in [6.07, 6.45) is -0.490. The molecule has 0 radical (unpaired) electrons. The van der Waals surface area contributed by atoms with Crippen molar-refractivity contribution in [2.45, 2.75) is 32.4 Å². The molecule has 0 aliphatic heterocycles. The Kier molecular flexibility index (Phi) is 5.05. The maximum Gasteiger partial charge on any atom is 0.408 e. The van der Waals surface area contributed by atoms with Crippen LogP contribution in [0, 0.1) is 0 Å². The van der Waals surface area contributed by atoms with Gasteiger partial charge in [0.25, 0.3) is 0 Å². The van der Waals surface area contributed by atoms with Gasteiger partial charge in [-0.25, -0.2) is 4.79 Å². The molecular weight excluding hydrogens is 292 g/mol. The number of rotatable bonds is 4.